The van der Waals surface area contributed by atoms with E-state index < -0.39 is 0 Å². The SMILES string of the molecule is Cc1ccc(NC(=O)CCC(=O)N(C)C)c(C(=O)N2C[C@H](C)C[C@H](C)C2)c1. The summed E-state index contributed by atoms with van der Waals surface area (Å²) in [6, 6.07) is 5.47. The molecule has 6 nitrogen and oxygen atoms in total. The minimum Gasteiger partial charge on any atom is -0.349 e. The lowest BCUT2D eigenvalue weighted by Crippen LogP contribution is -2.42. The predicted octanol–water partition coefficient (Wildman–Crippen LogP) is 2.92. The van der Waals surface area contributed by atoms with E-state index in [4.69, 9.17) is 0 Å². The molecular formula is C21H31N3O3. The summed E-state index contributed by atoms with van der Waals surface area (Å²) >= 11 is 0. The molecule has 1 aliphatic rings. The van der Waals surface area contributed by atoms with E-state index in [1.165, 1.54) is 4.90 Å². The Morgan fingerprint density at radius 1 is 1.11 bits per heavy atom. The average Bonchev–Trinajstić information content (AvgIpc) is 2.59. The molecule has 148 valence electrons. The number of piperidine rings is 1. The number of aryl methyl sites for hydroxylation is 1. The fourth-order valence-electron chi connectivity index (χ4n) is 3.60. The highest BCUT2D eigenvalue weighted by Crippen LogP contribution is 2.26. The van der Waals surface area contributed by atoms with Crippen LogP contribution in [-0.4, -0.2) is 54.7 Å². The molecule has 1 aliphatic heterocycles. The highest BCUT2D eigenvalue weighted by atomic mass is 16.2. The van der Waals surface area contributed by atoms with Gasteiger partial charge < -0.3 is 15.1 Å². The third-order valence-electron chi connectivity index (χ3n) is 4.90. The quantitative estimate of drug-likeness (QED) is 0.863. The number of nitrogens with one attached hydrogen (secondary N) is 1. The van der Waals surface area contributed by atoms with Crippen molar-refractivity contribution in [3.8, 4) is 0 Å². The molecule has 1 N–H and O–H groups in total. The first kappa shape index (κ1) is 20.9. The highest BCUT2D eigenvalue weighted by molar-refractivity contribution is 6.04. The van der Waals surface area contributed by atoms with Crippen LogP contribution in [0.1, 0.15) is 49.0 Å². The van der Waals surface area contributed by atoms with Crippen LogP contribution >= 0.6 is 0 Å². The van der Waals surface area contributed by atoms with Crippen LogP contribution in [0.3, 0.4) is 0 Å². The van der Waals surface area contributed by atoms with Crippen molar-refractivity contribution in [2.24, 2.45) is 11.8 Å². The zero-order valence-corrected chi connectivity index (χ0v) is 17.0. The molecule has 2 atom stereocenters. The Balaban J connectivity index is 2.13. The Bertz CT molecular complexity index is 705. The second-order valence-corrected chi connectivity index (χ2v) is 8.04. The Labute approximate surface area is 161 Å². The molecule has 6 heteroatoms. The molecule has 0 saturated carbocycles. The second-order valence-electron chi connectivity index (χ2n) is 8.04. The zero-order chi connectivity index (χ0) is 20.1. The van der Waals surface area contributed by atoms with Gasteiger partial charge in [-0.3, -0.25) is 14.4 Å². The first-order chi connectivity index (χ1) is 12.7. The average molecular weight is 373 g/mol. The van der Waals surface area contributed by atoms with Crippen molar-refractivity contribution in [1.82, 2.24) is 9.80 Å². The van der Waals surface area contributed by atoms with E-state index in [-0.39, 0.29) is 30.6 Å². The topological polar surface area (TPSA) is 69.7 Å². The van der Waals surface area contributed by atoms with Crippen molar-refractivity contribution in [2.45, 2.75) is 40.0 Å². The number of carbonyl (C=O) groups excluding carboxylic acids is 3. The molecule has 0 radical (unpaired) electrons. The van der Waals surface area contributed by atoms with Crippen molar-refractivity contribution >= 4 is 23.4 Å². The molecule has 27 heavy (non-hydrogen) atoms. The predicted molar refractivity (Wildman–Crippen MR) is 107 cm³/mol. The number of hydrogen-bond donors (Lipinski definition) is 1. The van der Waals surface area contributed by atoms with E-state index in [1.807, 2.05) is 24.0 Å². The Morgan fingerprint density at radius 2 is 1.74 bits per heavy atom. The minimum atomic E-state index is -0.261. The molecule has 1 aromatic rings. The number of nitrogens with zero attached hydrogens (tertiary/aromatic N) is 2. The van der Waals surface area contributed by atoms with Crippen LogP contribution in [0.5, 0.6) is 0 Å². The molecule has 0 aliphatic carbocycles. The highest BCUT2D eigenvalue weighted by Gasteiger charge is 2.27. The van der Waals surface area contributed by atoms with Gasteiger partial charge in [-0.15, -0.1) is 0 Å². The van der Waals surface area contributed by atoms with Gasteiger partial charge in [-0.25, -0.2) is 0 Å². The monoisotopic (exact) mass is 373 g/mol. The Kier molecular flexibility index (Phi) is 6.99. The summed E-state index contributed by atoms with van der Waals surface area (Å²) in [5.41, 5.74) is 2.00. The van der Waals surface area contributed by atoms with Crippen molar-refractivity contribution in [3.05, 3.63) is 29.3 Å². The van der Waals surface area contributed by atoms with Gasteiger partial charge in [0.25, 0.3) is 5.91 Å². The number of amides is 3. The van der Waals surface area contributed by atoms with Gasteiger partial charge in [-0.05, 0) is 37.3 Å². The molecule has 0 bridgehead atoms. The lowest BCUT2D eigenvalue weighted by molar-refractivity contribution is -0.130. The lowest BCUT2D eigenvalue weighted by atomic mass is 9.91. The van der Waals surface area contributed by atoms with E-state index in [1.54, 1.807) is 20.2 Å². The largest absolute Gasteiger partial charge is 0.349 e. The third-order valence-corrected chi connectivity index (χ3v) is 4.90. The summed E-state index contributed by atoms with van der Waals surface area (Å²) in [7, 11) is 3.33. The molecule has 0 spiro atoms. The number of hydrogen-bond acceptors (Lipinski definition) is 3. The maximum Gasteiger partial charge on any atom is 0.255 e. The number of rotatable bonds is 5. The molecule has 2 rings (SSSR count). The molecule has 1 saturated heterocycles. The summed E-state index contributed by atoms with van der Waals surface area (Å²) in [5, 5.41) is 2.82. The number of likely N-dealkylation sites (tertiary alicyclic amines) is 1. The maximum absolute atomic E-state index is 13.1. The van der Waals surface area contributed by atoms with Crippen molar-refractivity contribution in [3.63, 3.8) is 0 Å². The number of carbonyl (C=O) groups is 3. The summed E-state index contributed by atoms with van der Waals surface area (Å²) in [5.74, 6) is 0.539. The van der Waals surface area contributed by atoms with Gasteiger partial charge in [0.05, 0.1) is 11.3 Å². The first-order valence-electron chi connectivity index (χ1n) is 9.57. The third kappa shape index (κ3) is 5.81. The van der Waals surface area contributed by atoms with Crippen molar-refractivity contribution in [2.75, 3.05) is 32.5 Å². The summed E-state index contributed by atoms with van der Waals surface area (Å²) in [4.78, 5) is 40.4. The molecule has 1 fully saturated rings. The number of anilines is 1. The van der Waals surface area contributed by atoms with Gasteiger partial charge in [-0.1, -0.05) is 25.5 Å². The molecule has 3 amide bonds. The Hall–Kier alpha value is -2.37. The van der Waals surface area contributed by atoms with Gasteiger partial charge >= 0.3 is 0 Å². The second kappa shape index (κ2) is 9.02. The van der Waals surface area contributed by atoms with Gasteiger partial charge in [-0.2, -0.15) is 0 Å². The van der Waals surface area contributed by atoms with Crippen LogP contribution < -0.4 is 5.32 Å². The summed E-state index contributed by atoms with van der Waals surface area (Å²) < 4.78 is 0. The molecular weight excluding hydrogens is 342 g/mol. The summed E-state index contributed by atoms with van der Waals surface area (Å²) in [6.45, 7) is 7.73. The maximum atomic E-state index is 13.1. The standard InChI is InChI=1S/C21H31N3O3/c1-14-6-7-18(22-19(25)8-9-20(26)23(4)5)17(11-14)21(27)24-12-15(2)10-16(3)13-24/h6-7,11,15-16H,8-10,12-13H2,1-5H3,(H,22,25)/t15-,16+. The number of benzene rings is 1. The normalized spacial score (nSPS) is 19.5. The molecule has 1 aromatic carbocycles. The van der Waals surface area contributed by atoms with Crippen LogP contribution in [0.15, 0.2) is 18.2 Å². The fraction of sp³-hybridized carbons (Fsp3) is 0.571. The zero-order valence-electron chi connectivity index (χ0n) is 17.0. The summed E-state index contributed by atoms with van der Waals surface area (Å²) in [6.07, 6.45) is 1.37. The smallest absolute Gasteiger partial charge is 0.255 e. The molecule has 0 unspecified atom stereocenters. The minimum absolute atomic E-state index is 0.0447. The molecule has 0 aromatic heterocycles. The fourth-order valence-corrected chi connectivity index (χ4v) is 3.60. The van der Waals surface area contributed by atoms with Crippen LogP contribution in [0.4, 0.5) is 5.69 Å². The van der Waals surface area contributed by atoms with Gasteiger partial charge in [0.1, 0.15) is 0 Å². The van der Waals surface area contributed by atoms with Gasteiger partial charge in [0.15, 0.2) is 0 Å². The van der Waals surface area contributed by atoms with Crippen molar-refractivity contribution in [1.29, 1.82) is 0 Å². The van der Waals surface area contributed by atoms with E-state index in [9.17, 15) is 14.4 Å². The van der Waals surface area contributed by atoms with Crippen LogP contribution in [0, 0.1) is 18.8 Å². The van der Waals surface area contributed by atoms with E-state index in [0.29, 0.717) is 23.1 Å². The lowest BCUT2D eigenvalue weighted by Gasteiger charge is -2.35. The van der Waals surface area contributed by atoms with Crippen LogP contribution in [0.25, 0.3) is 0 Å². The van der Waals surface area contributed by atoms with E-state index in [0.717, 1.165) is 25.1 Å². The van der Waals surface area contributed by atoms with Crippen LogP contribution in [0.2, 0.25) is 0 Å². The Morgan fingerprint density at radius 3 is 2.33 bits per heavy atom. The van der Waals surface area contributed by atoms with E-state index >= 15 is 0 Å². The first-order valence-corrected chi connectivity index (χ1v) is 9.57. The van der Waals surface area contributed by atoms with E-state index in [2.05, 4.69) is 19.2 Å². The van der Waals surface area contributed by atoms with Crippen molar-refractivity contribution < 1.29 is 14.4 Å². The van der Waals surface area contributed by atoms with Gasteiger partial charge in [0, 0.05) is 40.0 Å². The molecule has 1 heterocycles. The van der Waals surface area contributed by atoms with Crippen LogP contribution in [-0.2, 0) is 9.59 Å². The van der Waals surface area contributed by atoms with Gasteiger partial charge in [0.2, 0.25) is 11.8 Å².